The number of amides is 2. The minimum absolute atomic E-state index is 0.165. The Bertz CT molecular complexity index is 873. The third kappa shape index (κ3) is 3.02. The van der Waals surface area contributed by atoms with Crippen molar-refractivity contribution in [1.82, 2.24) is 15.5 Å². The van der Waals surface area contributed by atoms with Gasteiger partial charge in [0.25, 0.3) is 5.91 Å². The molecule has 1 aromatic carbocycles. The van der Waals surface area contributed by atoms with Crippen LogP contribution in [-0.4, -0.2) is 34.1 Å². The van der Waals surface area contributed by atoms with Crippen LogP contribution in [0.2, 0.25) is 5.02 Å². The summed E-state index contributed by atoms with van der Waals surface area (Å²) in [7, 11) is 0. The van der Waals surface area contributed by atoms with Crippen molar-refractivity contribution in [3.8, 4) is 11.3 Å². The number of rotatable bonds is 2. The van der Waals surface area contributed by atoms with Gasteiger partial charge in [-0.15, -0.1) is 0 Å². The molecule has 25 heavy (non-hydrogen) atoms. The standard InChI is InChI=1S/C17H15ClN4O3/c18-11-3-1-10(2-4-11)16-12-7-8-22(9-14(12)21-25-16)17(24)13-5-6-15(23)20-19-13/h1-4H,5-9H2,(H,20,23). The van der Waals surface area contributed by atoms with Gasteiger partial charge in [0, 0.05) is 35.5 Å². The summed E-state index contributed by atoms with van der Waals surface area (Å²) in [5, 5.41) is 8.67. The molecular weight excluding hydrogens is 344 g/mol. The third-order valence-electron chi connectivity index (χ3n) is 4.39. The molecule has 1 aromatic heterocycles. The average molecular weight is 359 g/mol. The van der Waals surface area contributed by atoms with Gasteiger partial charge >= 0.3 is 0 Å². The van der Waals surface area contributed by atoms with Gasteiger partial charge in [0.2, 0.25) is 5.91 Å². The Balaban J connectivity index is 1.54. The van der Waals surface area contributed by atoms with Gasteiger partial charge in [-0.3, -0.25) is 9.59 Å². The van der Waals surface area contributed by atoms with Crippen molar-refractivity contribution in [2.45, 2.75) is 25.8 Å². The van der Waals surface area contributed by atoms with E-state index in [1.807, 2.05) is 12.1 Å². The molecule has 2 amide bonds. The fraction of sp³-hybridized carbons (Fsp3) is 0.294. The summed E-state index contributed by atoms with van der Waals surface area (Å²) in [6, 6.07) is 7.39. The molecule has 0 saturated heterocycles. The first-order chi connectivity index (χ1) is 12.1. The molecule has 0 saturated carbocycles. The molecule has 2 aliphatic rings. The number of fused-ring (bicyclic) bond motifs is 1. The van der Waals surface area contributed by atoms with Crippen molar-refractivity contribution in [1.29, 1.82) is 0 Å². The third-order valence-corrected chi connectivity index (χ3v) is 4.64. The van der Waals surface area contributed by atoms with E-state index < -0.39 is 0 Å². The second-order valence-electron chi connectivity index (χ2n) is 6.01. The van der Waals surface area contributed by atoms with Crippen molar-refractivity contribution >= 4 is 29.1 Å². The first-order valence-electron chi connectivity index (χ1n) is 8.00. The maximum Gasteiger partial charge on any atom is 0.270 e. The lowest BCUT2D eigenvalue weighted by Gasteiger charge is -2.27. The van der Waals surface area contributed by atoms with Gasteiger partial charge in [-0.05, 0) is 30.7 Å². The van der Waals surface area contributed by atoms with Crippen LogP contribution >= 0.6 is 11.6 Å². The highest BCUT2D eigenvalue weighted by Gasteiger charge is 2.30. The highest BCUT2D eigenvalue weighted by molar-refractivity contribution is 6.39. The van der Waals surface area contributed by atoms with Gasteiger partial charge in [0.15, 0.2) is 5.76 Å². The van der Waals surface area contributed by atoms with Crippen LogP contribution in [0.3, 0.4) is 0 Å². The molecule has 2 aliphatic heterocycles. The molecule has 128 valence electrons. The van der Waals surface area contributed by atoms with E-state index in [0.717, 1.165) is 22.6 Å². The van der Waals surface area contributed by atoms with Gasteiger partial charge in [-0.1, -0.05) is 16.8 Å². The van der Waals surface area contributed by atoms with E-state index in [0.29, 0.717) is 36.7 Å². The van der Waals surface area contributed by atoms with Crippen molar-refractivity contribution in [2.24, 2.45) is 5.10 Å². The molecule has 0 fully saturated rings. The van der Waals surface area contributed by atoms with Crippen LogP contribution in [0, 0.1) is 0 Å². The zero-order valence-electron chi connectivity index (χ0n) is 13.3. The summed E-state index contributed by atoms with van der Waals surface area (Å²) >= 11 is 5.93. The van der Waals surface area contributed by atoms with E-state index in [1.165, 1.54) is 0 Å². The van der Waals surface area contributed by atoms with Gasteiger partial charge < -0.3 is 9.42 Å². The highest BCUT2D eigenvalue weighted by Crippen LogP contribution is 2.31. The molecule has 8 heteroatoms. The van der Waals surface area contributed by atoms with Crippen LogP contribution in [0.15, 0.2) is 33.9 Å². The summed E-state index contributed by atoms with van der Waals surface area (Å²) in [6.45, 7) is 0.929. The Labute approximate surface area is 148 Å². The number of hydrogen-bond donors (Lipinski definition) is 1. The molecule has 0 aliphatic carbocycles. The number of benzene rings is 1. The highest BCUT2D eigenvalue weighted by atomic mass is 35.5. The first-order valence-corrected chi connectivity index (χ1v) is 8.37. The zero-order valence-corrected chi connectivity index (χ0v) is 14.0. The monoisotopic (exact) mass is 358 g/mol. The molecule has 7 nitrogen and oxygen atoms in total. The van der Waals surface area contributed by atoms with E-state index in [-0.39, 0.29) is 18.2 Å². The van der Waals surface area contributed by atoms with E-state index in [1.54, 1.807) is 17.0 Å². The molecule has 0 radical (unpaired) electrons. The molecule has 0 bridgehead atoms. The molecule has 4 rings (SSSR count). The Hall–Kier alpha value is -2.67. The number of aromatic nitrogens is 1. The number of hydrogen-bond acceptors (Lipinski definition) is 5. The predicted molar refractivity (Wildman–Crippen MR) is 90.9 cm³/mol. The van der Waals surface area contributed by atoms with Crippen LogP contribution in [0.5, 0.6) is 0 Å². The summed E-state index contributed by atoms with van der Waals surface area (Å²) < 4.78 is 5.51. The van der Waals surface area contributed by atoms with Crippen LogP contribution in [0.1, 0.15) is 24.1 Å². The number of carbonyl (C=O) groups excluding carboxylic acids is 2. The number of hydrazone groups is 1. The smallest absolute Gasteiger partial charge is 0.270 e. The fourth-order valence-electron chi connectivity index (χ4n) is 3.04. The normalized spacial score (nSPS) is 16.9. The zero-order chi connectivity index (χ0) is 17.4. The van der Waals surface area contributed by atoms with Gasteiger partial charge in [-0.25, -0.2) is 5.43 Å². The molecule has 2 aromatic rings. The molecule has 0 spiro atoms. The van der Waals surface area contributed by atoms with Crippen LogP contribution in [0.4, 0.5) is 0 Å². The predicted octanol–water partition coefficient (Wildman–Crippen LogP) is 2.15. The Kier molecular flexibility index (Phi) is 4.01. The number of carbonyl (C=O) groups is 2. The van der Waals surface area contributed by atoms with Crippen molar-refractivity contribution in [3.05, 3.63) is 40.5 Å². The molecular formula is C17H15ClN4O3. The minimum atomic E-state index is -0.165. The van der Waals surface area contributed by atoms with E-state index in [2.05, 4.69) is 15.7 Å². The lowest BCUT2D eigenvalue weighted by Crippen LogP contribution is -2.42. The second kappa shape index (κ2) is 6.33. The van der Waals surface area contributed by atoms with Crippen molar-refractivity contribution in [3.63, 3.8) is 0 Å². The maximum atomic E-state index is 12.6. The lowest BCUT2D eigenvalue weighted by molar-refractivity contribution is -0.125. The Morgan fingerprint density at radius 1 is 1.20 bits per heavy atom. The van der Waals surface area contributed by atoms with E-state index in [9.17, 15) is 9.59 Å². The molecule has 0 atom stereocenters. The fourth-order valence-corrected chi connectivity index (χ4v) is 3.17. The van der Waals surface area contributed by atoms with Gasteiger partial charge in [0.1, 0.15) is 11.4 Å². The quantitative estimate of drug-likeness (QED) is 0.890. The topological polar surface area (TPSA) is 87.8 Å². The van der Waals surface area contributed by atoms with Crippen LogP contribution in [0.25, 0.3) is 11.3 Å². The Morgan fingerprint density at radius 3 is 2.72 bits per heavy atom. The van der Waals surface area contributed by atoms with Gasteiger partial charge in [0.05, 0.1) is 6.54 Å². The van der Waals surface area contributed by atoms with Crippen molar-refractivity contribution < 1.29 is 14.1 Å². The summed E-state index contributed by atoms with van der Waals surface area (Å²) in [6.07, 6.45) is 1.30. The van der Waals surface area contributed by atoms with E-state index in [4.69, 9.17) is 16.1 Å². The molecule has 0 unspecified atom stereocenters. The molecule has 3 heterocycles. The SMILES string of the molecule is O=C1CCC(C(=O)N2CCc3c(noc3-c3ccc(Cl)cc3)C2)=NN1. The van der Waals surface area contributed by atoms with Gasteiger partial charge in [-0.2, -0.15) is 5.10 Å². The van der Waals surface area contributed by atoms with Crippen LogP contribution < -0.4 is 5.43 Å². The minimum Gasteiger partial charge on any atom is -0.356 e. The largest absolute Gasteiger partial charge is 0.356 e. The van der Waals surface area contributed by atoms with Crippen LogP contribution in [-0.2, 0) is 22.6 Å². The maximum absolute atomic E-state index is 12.6. The lowest BCUT2D eigenvalue weighted by atomic mass is 10.00. The summed E-state index contributed by atoms with van der Waals surface area (Å²) in [5.41, 5.74) is 5.42. The number of nitrogens with zero attached hydrogens (tertiary/aromatic N) is 3. The van der Waals surface area contributed by atoms with Crippen molar-refractivity contribution in [2.75, 3.05) is 6.54 Å². The number of nitrogens with one attached hydrogen (secondary N) is 1. The summed E-state index contributed by atoms with van der Waals surface area (Å²) in [5.74, 6) is 0.393. The van der Waals surface area contributed by atoms with E-state index >= 15 is 0 Å². The first kappa shape index (κ1) is 15.8. The Morgan fingerprint density at radius 2 is 2.00 bits per heavy atom. The second-order valence-corrected chi connectivity index (χ2v) is 6.45. The summed E-state index contributed by atoms with van der Waals surface area (Å²) in [4.78, 5) is 25.4. The average Bonchev–Trinajstić information content (AvgIpc) is 3.05. The number of halogens is 1. The molecule has 1 N–H and O–H groups in total.